The molecule has 10 nitrogen and oxygen atoms in total. The number of phenolic OH excluding ortho intramolecular Hbond substituents is 1. The molecule has 5 rings (SSSR count). The number of benzene rings is 1. The highest BCUT2D eigenvalue weighted by atomic mass is 35.5. The molecule has 0 spiro atoms. The Bertz CT molecular complexity index is 1410. The summed E-state index contributed by atoms with van der Waals surface area (Å²) in [6.45, 7) is 3.58. The fourth-order valence-electron chi connectivity index (χ4n) is 7.68. The van der Waals surface area contributed by atoms with E-state index >= 15 is 0 Å². The predicted molar refractivity (Wildman–Crippen MR) is 152 cm³/mol. The summed E-state index contributed by atoms with van der Waals surface area (Å²) in [4.78, 5) is 42.9. The molecule has 2 saturated carbocycles. The van der Waals surface area contributed by atoms with Crippen molar-refractivity contribution in [1.29, 1.82) is 0 Å². The highest BCUT2D eigenvalue weighted by molar-refractivity contribution is 6.32. The maximum atomic E-state index is 13.9. The lowest BCUT2D eigenvalue weighted by molar-refractivity contribution is -0.153. The van der Waals surface area contributed by atoms with Gasteiger partial charge in [0.1, 0.15) is 22.8 Å². The molecule has 4 aliphatic rings. The molecule has 1 aromatic rings. The van der Waals surface area contributed by atoms with Gasteiger partial charge in [-0.3, -0.25) is 19.3 Å². The second-order valence-corrected chi connectivity index (χ2v) is 12.9. The molecular formula is C30H38ClN3O7. The Morgan fingerprint density at radius 2 is 1.83 bits per heavy atom. The van der Waals surface area contributed by atoms with Gasteiger partial charge in [-0.05, 0) is 81.8 Å². The van der Waals surface area contributed by atoms with Crippen LogP contribution in [0, 0.1) is 17.3 Å². The van der Waals surface area contributed by atoms with Gasteiger partial charge in [0, 0.05) is 29.6 Å². The number of hydrogen-bond donors (Lipinski definition) is 5. The summed E-state index contributed by atoms with van der Waals surface area (Å²) in [7, 11) is 5.15. The number of aliphatic hydroxyl groups excluding tert-OH is 2. The first kappa shape index (κ1) is 29.6. The van der Waals surface area contributed by atoms with Crippen LogP contribution in [0.15, 0.2) is 23.0 Å². The van der Waals surface area contributed by atoms with E-state index in [2.05, 4.69) is 11.8 Å². The Morgan fingerprint density at radius 3 is 2.37 bits per heavy atom. The van der Waals surface area contributed by atoms with Crippen molar-refractivity contribution in [2.24, 2.45) is 23.0 Å². The largest absolute Gasteiger partial charge is 0.508 e. The number of amides is 1. The average molecular weight is 588 g/mol. The third-order valence-electron chi connectivity index (χ3n) is 9.94. The van der Waals surface area contributed by atoms with Crippen molar-refractivity contribution in [1.82, 2.24) is 9.80 Å². The number of rotatable bonds is 7. The zero-order valence-corrected chi connectivity index (χ0v) is 24.6. The van der Waals surface area contributed by atoms with E-state index in [4.69, 9.17) is 17.3 Å². The molecule has 1 amide bonds. The Hall–Kier alpha value is -2.92. The SMILES string of the molecule is CCC1(CN(C)Cc2cc(O)c3c(c2Cl)C[C@H]2C[C@H]4[C@H](N(C)C)C(=O)C(C(N)=O)=C(O)[C@@]4(O)C(=O)C2=C3O)CCC1. The van der Waals surface area contributed by atoms with Gasteiger partial charge >= 0.3 is 0 Å². The summed E-state index contributed by atoms with van der Waals surface area (Å²) in [5.41, 5.74) is 3.14. The van der Waals surface area contributed by atoms with Gasteiger partial charge in [0.15, 0.2) is 11.4 Å². The molecule has 0 aliphatic heterocycles. The first-order valence-corrected chi connectivity index (χ1v) is 14.4. The molecule has 4 aliphatic carbocycles. The third kappa shape index (κ3) is 4.29. The molecule has 0 aromatic heterocycles. The van der Waals surface area contributed by atoms with Gasteiger partial charge in [0.2, 0.25) is 5.78 Å². The lowest BCUT2D eigenvalue weighted by atomic mass is 9.57. The number of likely N-dealkylation sites (N-methyl/N-ethyl adjacent to an activating group) is 1. The molecule has 0 saturated heterocycles. The molecule has 1 aromatic carbocycles. The molecule has 0 bridgehead atoms. The number of aliphatic hydroxyl groups is 3. The van der Waals surface area contributed by atoms with Crippen molar-refractivity contribution in [2.75, 3.05) is 27.7 Å². The molecule has 222 valence electrons. The van der Waals surface area contributed by atoms with E-state index in [0.29, 0.717) is 28.1 Å². The number of carbonyl (C=O) groups excluding carboxylic acids is 3. The molecule has 0 heterocycles. The molecule has 4 atom stereocenters. The van der Waals surface area contributed by atoms with Gasteiger partial charge in [-0.2, -0.15) is 0 Å². The van der Waals surface area contributed by atoms with Crippen LogP contribution in [-0.2, 0) is 27.3 Å². The van der Waals surface area contributed by atoms with Crippen molar-refractivity contribution in [3.63, 3.8) is 0 Å². The zero-order chi connectivity index (χ0) is 30.2. The predicted octanol–water partition coefficient (Wildman–Crippen LogP) is 2.63. The van der Waals surface area contributed by atoms with E-state index in [9.17, 15) is 34.8 Å². The number of halogens is 1. The zero-order valence-electron chi connectivity index (χ0n) is 23.8. The minimum atomic E-state index is -2.66. The van der Waals surface area contributed by atoms with E-state index in [0.717, 1.165) is 13.0 Å². The minimum Gasteiger partial charge on any atom is -0.508 e. The summed E-state index contributed by atoms with van der Waals surface area (Å²) >= 11 is 6.91. The van der Waals surface area contributed by atoms with Crippen molar-refractivity contribution in [2.45, 2.75) is 63.6 Å². The number of aromatic hydroxyl groups is 1. The minimum absolute atomic E-state index is 0.00159. The Morgan fingerprint density at radius 1 is 1.17 bits per heavy atom. The van der Waals surface area contributed by atoms with Crippen molar-refractivity contribution in [3.8, 4) is 5.75 Å². The number of Topliss-reactive ketones (excluding diaryl/α,β-unsaturated/α-hetero) is 2. The van der Waals surface area contributed by atoms with Crippen LogP contribution in [0.25, 0.3) is 5.76 Å². The molecule has 0 unspecified atom stereocenters. The van der Waals surface area contributed by atoms with E-state index in [-0.39, 0.29) is 29.7 Å². The normalized spacial score (nSPS) is 28.9. The van der Waals surface area contributed by atoms with Crippen molar-refractivity contribution >= 4 is 34.8 Å². The number of carbonyl (C=O) groups is 3. The smallest absolute Gasteiger partial charge is 0.255 e. The first-order chi connectivity index (χ1) is 19.2. The Balaban J connectivity index is 1.57. The molecule has 41 heavy (non-hydrogen) atoms. The van der Waals surface area contributed by atoms with Crippen LogP contribution in [0.1, 0.15) is 55.7 Å². The second kappa shape index (κ2) is 10.1. The number of fused-ring (bicyclic) bond motifs is 3. The number of phenols is 1. The Kier molecular flexibility index (Phi) is 7.29. The lowest BCUT2D eigenvalue weighted by Crippen LogP contribution is -2.65. The summed E-state index contributed by atoms with van der Waals surface area (Å²) in [6.07, 6.45) is 4.87. The van der Waals surface area contributed by atoms with Gasteiger partial charge in [0.25, 0.3) is 5.91 Å². The third-order valence-corrected chi connectivity index (χ3v) is 10.4. The first-order valence-electron chi connectivity index (χ1n) is 14.0. The summed E-state index contributed by atoms with van der Waals surface area (Å²) in [5.74, 6) is -6.79. The van der Waals surface area contributed by atoms with Crippen LogP contribution in [0.2, 0.25) is 5.02 Å². The number of nitrogens with zero attached hydrogens (tertiary/aromatic N) is 2. The van der Waals surface area contributed by atoms with Crippen LogP contribution >= 0.6 is 11.6 Å². The lowest BCUT2D eigenvalue weighted by Gasteiger charge is -2.50. The number of primary amides is 1. The van der Waals surface area contributed by atoms with Crippen LogP contribution in [0.4, 0.5) is 0 Å². The fraction of sp³-hybridized carbons (Fsp3) is 0.567. The van der Waals surface area contributed by atoms with Crippen LogP contribution in [0.3, 0.4) is 0 Å². The average Bonchev–Trinajstić information content (AvgIpc) is 2.86. The van der Waals surface area contributed by atoms with Crippen LogP contribution < -0.4 is 5.73 Å². The molecule has 0 radical (unpaired) electrons. The van der Waals surface area contributed by atoms with Gasteiger partial charge in [-0.25, -0.2) is 0 Å². The van der Waals surface area contributed by atoms with Crippen molar-refractivity contribution in [3.05, 3.63) is 44.7 Å². The molecule has 2 fully saturated rings. The van der Waals surface area contributed by atoms with Crippen molar-refractivity contribution < 1.29 is 34.8 Å². The topological polar surface area (TPSA) is 165 Å². The van der Waals surface area contributed by atoms with Gasteiger partial charge in [-0.1, -0.05) is 24.9 Å². The fourth-order valence-corrected chi connectivity index (χ4v) is 7.97. The monoisotopic (exact) mass is 587 g/mol. The molecular weight excluding hydrogens is 550 g/mol. The Labute approximate surface area is 244 Å². The standard InChI is InChI=1S/C30H38ClN3O7/c1-5-29(7-6-8-29)13-34(4)12-15-11-18(35)20-16(22(15)31)9-14-10-17-23(33(2)3)25(37)21(28(32)40)27(39)30(17,41)26(38)19(14)24(20)36/h11,14,17,23,35-36,39,41H,5-10,12-13H2,1-4H3,(H2,32,40)/t14-,17-,23-,30-/m0/s1. The number of ketones is 2. The number of hydrogen-bond acceptors (Lipinski definition) is 9. The van der Waals surface area contributed by atoms with E-state index in [1.165, 1.54) is 30.2 Å². The van der Waals surface area contributed by atoms with E-state index in [1.807, 2.05) is 7.05 Å². The quantitative estimate of drug-likeness (QED) is 0.302. The maximum Gasteiger partial charge on any atom is 0.255 e. The van der Waals surface area contributed by atoms with Crippen LogP contribution in [0.5, 0.6) is 5.75 Å². The summed E-state index contributed by atoms with van der Waals surface area (Å²) in [6, 6.07) is 0.358. The highest BCUT2D eigenvalue weighted by Crippen LogP contribution is 2.54. The van der Waals surface area contributed by atoms with E-state index < -0.39 is 58.0 Å². The van der Waals surface area contributed by atoms with E-state index in [1.54, 1.807) is 14.1 Å². The molecule has 6 N–H and O–H groups in total. The summed E-state index contributed by atoms with van der Waals surface area (Å²) in [5, 5.41) is 45.5. The van der Waals surface area contributed by atoms with Gasteiger partial charge in [-0.15, -0.1) is 0 Å². The van der Waals surface area contributed by atoms with Crippen LogP contribution in [-0.4, -0.2) is 87.0 Å². The summed E-state index contributed by atoms with van der Waals surface area (Å²) < 4.78 is 0. The maximum absolute atomic E-state index is 13.9. The van der Waals surface area contributed by atoms with Gasteiger partial charge < -0.3 is 31.1 Å². The number of nitrogens with two attached hydrogens (primary N) is 1. The van der Waals surface area contributed by atoms with Gasteiger partial charge in [0.05, 0.1) is 11.6 Å². The second-order valence-electron chi connectivity index (χ2n) is 12.6. The highest BCUT2D eigenvalue weighted by Gasteiger charge is 2.64. The molecule has 11 heteroatoms.